The first-order valence-electron chi connectivity index (χ1n) is 9.21. The zero-order valence-electron chi connectivity index (χ0n) is 16.0. The maximum Gasteiger partial charge on any atom is 0.235 e. The van der Waals surface area contributed by atoms with Gasteiger partial charge in [-0.3, -0.25) is 4.79 Å². The number of nitrogens with zero attached hydrogens (tertiary/aromatic N) is 2. The molecular formula is C21H20ClN3O3S. The number of phenolic OH excluding ortho intramolecular Hbond substituents is 1. The van der Waals surface area contributed by atoms with E-state index in [4.69, 9.17) is 16.3 Å². The first kappa shape index (κ1) is 19.7. The van der Waals surface area contributed by atoms with Crippen molar-refractivity contribution in [2.75, 3.05) is 17.7 Å². The van der Waals surface area contributed by atoms with Gasteiger partial charge in [0.2, 0.25) is 5.91 Å². The molecule has 8 heteroatoms. The normalized spacial score (nSPS) is 16.1. The minimum atomic E-state index is -0.153. The van der Waals surface area contributed by atoms with Crippen molar-refractivity contribution in [3.8, 4) is 17.2 Å². The SMILES string of the molecule is CCOc1cc([C@@H]2SCC(=O)Nc3c2c(C)nn3-c2ccccc2Cl)ccc1O. The molecule has 1 aliphatic rings. The predicted octanol–water partition coefficient (Wildman–Crippen LogP) is 4.71. The molecule has 2 aromatic carbocycles. The maximum absolute atomic E-state index is 12.5. The molecule has 4 rings (SSSR count). The Morgan fingerprint density at radius 2 is 2.14 bits per heavy atom. The molecule has 29 heavy (non-hydrogen) atoms. The molecule has 1 atom stereocenters. The first-order chi connectivity index (χ1) is 14.0. The summed E-state index contributed by atoms with van der Waals surface area (Å²) in [5, 5.41) is 18.1. The van der Waals surface area contributed by atoms with Crippen molar-refractivity contribution in [1.29, 1.82) is 0 Å². The highest BCUT2D eigenvalue weighted by Crippen LogP contribution is 2.45. The van der Waals surface area contributed by atoms with E-state index >= 15 is 0 Å². The third-order valence-corrected chi connectivity index (χ3v) is 6.26. The summed E-state index contributed by atoms with van der Waals surface area (Å²) >= 11 is 7.90. The van der Waals surface area contributed by atoms with Crippen molar-refractivity contribution in [2.45, 2.75) is 19.1 Å². The van der Waals surface area contributed by atoms with E-state index in [0.29, 0.717) is 34.6 Å². The van der Waals surface area contributed by atoms with Gasteiger partial charge in [0, 0.05) is 5.56 Å². The molecule has 0 bridgehead atoms. The number of nitrogens with one attached hydrogen (secondary N) is 1. The van der Waals surface area contributed by atoms with Gasteiger partial charge in [0.25, 0.3) is 0 Å². The van der Waals surface area contributed by atoms with E-state index in [9.17, 15) is 9.90 Å². The quantitative estimate of drug-likeness (QED) is 0.627. The number of aryl methyl sites for hydroxylation is 1. The standard InChI is InChI=1S/C21H20ClN3O3S/c1-3-28-17-10-13(8-9-16(17)26)20-19-12(2)24-25(15-7-5-4-6-14(15)22)21(19)23-18(27)11-29-20/h4-10,20,26H,3,11H2,1-2H3,(H,23,27)/t20-/m0/s1. The number of benzene rings is 2. The molecule has 1 aliphatic heterocycles. The second kappa shape index (κ2) is 8.00. The van der Waals surface area contributed by atoms with Crippen LogP contribution in [0.3, 0.4) is 0 Å². The Morgan fingerprint density at radius 3 is 2.90 bits per heavy atom. The van der Waals surface area contributed by atoms with Crippen molar-refractivity contribution in [2.24, 2.45) is 0 Å². The van der Waals surface area contributed by atoms with E-state index in [-0.39, 0.29) is 16.9 Å². The summed E-state index contributed by atoms with van der Waals surface area (Å²) in [6.45, 7) is 4.23. The van der Waals surface area contributed by atoms with Crippen LogP contribution < -0.4 is 10.1 Å². The number of fused-ring (bicyclic) bond motifs is 1. The lowest BCUT2D eigenvalue weighted by Crippen LogP contribution is -2.16. The summed E-state index contributed by atoms with van der Waals surface area (Å²) in [5.41, 5.74) is 3.33. The first-order valence-corrected chi connectivity index (χ1v) is 10.6. The largest absolute Gasteiger partial charge is 0.504 e. The zero-order chi connectivity index (χ0) is 20.5. The van der Waals surface area contributed by atoms with Gasteiger partial charge in [-0.2, -0.15) is 5.10 Å². The minimum Gasteiger partial charge on any atom is -0.504 e. The molecule has 0 saturated carbocycles. The number of thioether (sulfide) groups is 1. The van der Waals surface area contributed by atoms with E-state index in [2.05, 4.69) is 10.4 Å². The van der Waals surface area contributed by atoms with Crippen LogP contribution >= 0.6 is 23.4 Å². The number of phenols is 1. The molecule has 3 aromatic rings. The highest BCUT2D eigenvalue weighted by atomic mass is 35.5. The number of amides is 1. The number of rotatable bonds is 4. The van der Waals surface area contributed by atoms with Crippen molar-refractivity contribution in [1.82, 2.24) is 9.78 Å². The van der Waals surface area contributed by atoms with Crippen molar-refractivity contribution in [3.63, 3.8) is 0 Å². The van der Waals surface area contributed by atoms with Gasteiger partial charge < -0.3 is 15.2 Å². The number of aromatic nitrogens is 2. The highest BCUT2D eigenvalue weighted by molar-refractivity contribution is 8.00. The van der Waals surface area contributed by atoms with Gasteiger partial charge in [-0.15, -0.1) is 11.8 Å². The molecule has 1 amide bonds. The number of ether oxygens (including phenoxy) is 1. The highest BCUT2D eigenvalue weighted by Gasteiger charge is 2.31. The molecule has 0 fully saturated rings. The van der Waals surface area contributed by atoms with Gasteiger partial charge in [0.1, 0.15) is 5.82 Å². The average molecular weight is 430 g/mol. The van der Waals surface area contributed by atoms with Gasteiger partial charge in [-0.05, 0) is 43.7 Å². The monoisotopic (exact) mass is 429 g/mol. The van der Waals surface area contributed by atoms with Crippen LogP contribution in [0.1, 0.15) is 29.0 Å². The Bertz CT molecular complexity index is 1080. The molecule has 6 nitrogen and oxygen atoms in total. The Morgan fingerprint density at radius 1 is 1.34 bits per heavy atom. The van der Waals surface area contributed by atoms with Crippen molar-refractivity contribution >= 4 is 35.1 Å². The third-order valence-electron chi connectivity index (χ3n) is 4.67. The fraction of sp³-hybridized carbons (Fsp3) is 0.238. The van der Waals surface area contributed by atoms with Crippen LogP contribution in [0.2, 0.25) is 5.02 Å². The Hall–Kier alpha value is -2.64. The summed E-state index contributed by atoms with van der Waals surface area (Å²) in [5.74, 6) is 1.32. The van der Waals surface area contributed by atoms with E-state index in [1.54, 1.807) is 16.8 Å². The van der Waals surface area contributed by atoms with Gasteiger partial charge >= 0.3 is 0 Å². The van der Waals surface area contributed by atoms with Crippen LogP contribution in [0.4, 0.5) is 5.82 Å². The molecule has 0 radical (unpaired) electrons. The number of hydrogen-bond acceptors (Lipinski definition) is 5. The molecular weight excluding hydrogens is 410 g/mol. The van der Waals surface area contributed by atoms with Gasteiger partial charge in [0.05, 0.1) is 34.0 Å². The summed E-state index contributed by atoms with van der Waals surface area (Å²) in [6, 6.07) is 12.7. The molecule has 0 aliphatic carbocycles. The fourth-order valence-electron chi connectivity index (χ4n) is 3.41. The van der Waals surface area contributed by atoms with Crippen LogP contribution in [0, 0.1) is 6.92 Å². The lowest BCUT2D eigenvalue weighted by molar-refractivity contribution is -0.113. The van der Waals surface area contributed by atoms with Crippen molar-refractivity contribution in [3.05, 3.63) is 64.3 Å². The van der Waals surface area contributed by atoms with Gasteiger partial charge in [0.15, 0.2) is 11.5 Å². The molecule has 0 unspecified atom stereocenters. The Balaban J connectivity index is 1.88. The van der Waals surface area contributed by atoms with Crippen LogP contribution in [0.25, 0.3) is 5.69 Å². The van der Waals surface area contributed by atoms with Crippen LogP contribution in [-0.4, -0.2) is 33.2 Å². The number of hydrogen-bond donors (Lipinski definition) is 2. The number of carbonyl (C=O) groups excluding carboxylic acids is 1. The Kier molecular flexibility index (Phi) is 5.43. The smallest absolute Gasteiger partial charge is 0.235 e. The maximum atomic E-state index is 12.5. The molecule has 0 saturated heterocycles. The predicted molar refractivity (Wildman–Crippen MR) is 116 cm³/mol. The van der Waals surface area contributed by atoms with Gasteiger partial charge in [-0.25, -0.2) is 4.68 Å². The lowest BCUT2D eigenvalue weighted by Gasteiger charge is -2.17. The minimum absolute atomic E-state index is 0.0899. The number of carbonyl (C=O) groups is 1. The summed E-state index contributed by atoms with van der Waals surface area (Å²) in [6.07, 6.45) is 0. The number of aromatic hydroxyl groups is 1. The van der Waals surface area contributed by atoms with Crippen LogP contribution in [0.15, 0.2) is 42.5 Å². The molecule has 1 aromatic heterocycles. The fourth-order valence-corrected chi connectivity index (χ4v) is 4.80. The second-order valence-electron chi connectivity index (χ2n) is 6.61. The van der Waals surface area contributed by atoms with E-state index in [1.165, 1.54) is 11.8 Å². The van der Waals surface area contributed by atoms with E-state index in [0.717, 1.165) is 16.8 Å². The third kappa shape index (κ3) is 3.68. The van der Waals surface area contributed by atoms with E-state index in [1.807, 2.05) is 44.2 Å². The molecule has 2 N–H and O–H groups in total. The summed E-state index contributed by atoms with van der Waals surface area (Å²) in [7, 11) is 0. The topological polar surface area (TPSA) is 76.4 Å². The Labute approximate surface area is 177 Å². The van der Waals surface area contributed by atoms with E-state index < -0.39 is 0 Å². The molecule has 2 heterocycles. The zero-order valence-corrected chi connectivity index (χ0v) is 17.5. The summed E-state index contributed by atoms with van der Waals surface area (Å²) in [4.78, 5) is 12.5. The number of para-hydroxylation sites is 1. The summed E-state index contributed by atoms with van der Waals surface area (Å²) < 4.78 is 7.24. The van der Waals surface area contributed by atoms with Gasteiger partial charge in [-0.1, -0.05) is 29.8 Å². The molecule has 150 valence electrons. The van der Waals surface area contributed by atoms with Crippen LogP contribution in [-0.2, 0) is 4.79 Å². The average Bonchev–Trinajstić information content (AvgIpc) is 2.90. The second-order valence-corrected chi connectivity index (χ2v) is 8.11. The lowest BCUT2D eigenvalue weighted by atomic mass is 10.0. The number of halogens is 1. The number of anilines is 1. The molecule has 0 spiro atoms. The van der Waals surface area contributed by atoms with Crippen LogP contribution in [0.5, 0.6) is 11.5 Å². The van der Waals surface area contributed by atoms with Crippen molar-refractivity contribution < 1.29 is 14.6 Å².